The summed E-state index contributed by atoms with van der Waals surface area (Å²) < 4.78 is 0. The molecular formula is C13H24N4O2. The first-order chi connectivity index (χ1) is 9.19. The minimum atomic E-state index is 0.0634. The molecule has 0 bridgehead atoms. The maximum Gasteiger partial charge on any atom is 0.220 e. The molecule has 1 spiro atoms. The third-order valence-electron chi connectivity index (χ3n) is 3.85. The van der Waals surface area contributed by atoms with Gasteiger partial charge in [-0.1, -0.05) is 0 Å². The lowest BCUT2D eigenvalue weighted by Gasteiger charge is -2.40. The highest BCUT2D eigenvalue weighted by Gasteiger charge is 2.42. The number of aliphatic hydroxyl groups excluding tert-OH is 1. The van der Waals surface area contributed by atoms with Crippen LogP contribution in [0.15, 0.2) is 4.99 Å². The van der Waals surface area contributed by atoms with E-state index in [0.29, 0.717) is 13.0 Å². The Morgan fingerprint density at radius 2 is 2.47 bits per heavy atom. The van der Waals surface area contributed by atoms with Gasteiger partial charge >= 0.3 is 0 Å². The maximum atomic E-state index is 11.5. The number of hydrogen-bond donors (Lipinski definition) is 3. The van der Waals surface area contributed by atoms with E-state index in [4.69, 9.17) is 5.11 Å². The Balaban J connectivity index is 2.04. The Bertz CT molecular complexity index is 359. The van der Waals surface area contributed by atoms with Crippen LogP contribution >= 0.6 is 0 Å². The van der Waals surface area contributed by atoms with Crippen LogP contribution in [0.2, 0.25) is 0 Å². The Kier molecular flexibility index (Phi) is 4.63. The number of rotatable bonds is 3. The predicted molar refractivity (Wildman–Crippen MR) is 73.9 cm³/mol. The van der Waals surface area contributed by atoms with E-state index in [1.807, 2.05) is 6.92 Å². The summed E-state index contributed by atoms with van der Waals surface area (Å²) in [5, 5.41) is 15.1. The topological polar surface area (TPSA) is 77.0 Å². The van der Waals surface area contributed by atoms with E-state index < -0.39 is 0 Å². The van der Waals surface area contributed by atoms with E-state index in [2.05, 4.69) is 20.5 Å². The minimum Gasteiger partial charge on any atom is -0.394 e. The molecule has 2 aliphatic heterocycles. The van der Waals surface area contributed by atoms with Crippen LogP contribution in [-0.4, -0.2) is 61.2 Å². The van der Waals surface area contributed by atoms with Gasteiger partial charge in [-0.3, -0.25) is 9.79 Å². The molecule has 2 saturated heterocycles. The van der Waals surface area contributed by atoms with Crippen molar-refractivity contribution >= 4 is 11.9 Å². The van der Waals surface area contributed by atoms with Crippen LogP contribution in [0.5, 0.6) is 0 Å². The fraction of sp³-hybridized carbons (Fsp3) is 0.846. The van der Waals surface area contributed by atoms with E-state index in [1.54, 1.807) is 0 Å². The highest BCUT2D eigenvalue weighted by atomic mass is 16.3. The van der Waals surface area contributed by atoms with Crippen molar-refractivity contribution in [3.63, 3.8) is 0 Å². The number of aliphatic hydroxyl groups is 1. The fourth-order valence-corrected chi connectivity index (χ4v) is 3.01. The number of aliphatic imine (C=N–C) groups is 1. The summed E-state index contributed by atoms with van der Waals surface area (Å²) >= 11 is 0. The zero-order valence-electron chi connectivity index (χ0n) is 11.6. The van der Waals surface area contributed by atoms with Crippen LogP contribution in [0.3, 0.4) is 0 Å². The molecule has 1 atom stereocenters. The quantitative estimate of drug-likeness (QED) is 0.478. The summed E-state index contributed by atoms with van der Waals surface area (Å²) in [7, 11) is 0. The van der Waals surface area contributed by atoms with Crippen molar-refractivity contribution < 1.29 is 9.90 Å². The second-order valence-corrected chi connectivity index (χ2v) is 5.44. The zero-order valence-corrected chi connectivity index (χ0v) is 11.6. The van der Waals surface area contributed by atoms with Crippen LogP contribution in [-0.2, 0) is 4.79 Å². The molecule has 2 fully saturated rings. The highest BCUT2D eigenvalue weighted by molar-refractivity contribution is 5.81. The Morgan fingerprint density at radius 1 is 1.63 bits per heavy atom. The molecule has 0 radical (unpaired) electrons. The first-order valence-electron chi connectivity index (χ1n) is 7.10. The normalized spacial score (nSPS) is 27.8. The van der Waals surface area contributed by atoms with Crippen molar-refractivity contribution in [1.29, 1.82) is 0 Å². The molecule has 0 aromatic heterocycles. The van der Waals surface area contributed by atoms with Crippen LogP contribution in [0.25, 0.3) is 0 Å². The highest BCUT2D eigenvalue weighted by Crippen LogP contribution is 2.35. The Hall–Kier alpha value is -1.30. The summed E-state index contributed by atoms with van der Waals surface area (Å²) in [5.74, 6) is 1.02. The molecule has 2 rings (SSSR count). The summed E-state index contributed by atoms with van der Waals surface area (Å²) in [6.45, 7) is 5.94. The number of guanidine groups is 1. The van der Waals surface area contributed by atoms with Gasteiger partial charge in [0.15, 0.2) is 5.96 Å². The van der Waals surface area contributed by atoms with Crippen molar-refractivity contribution in [1.82, 2.24) is 15.5 Å². The minimum absolute atomic E-state index is 0.0634. The van der Waals surface area contributed by atoms with E-state index in [-0.39, 0.29) is 17.9 Å². The molecule has 2 aliphatic rings. The van der Waals surface area contributed by atoms with E-state index in [0.717, 1.165) is 45.0 Å². The van der Waals surface area contributed by atoms with Gasteiger partial charge in [-0.2, -0.15) is 0 Å². The van der Waals surface area contributed by atoms with Crippen molar-refractivity contribution in [3.8, 4) is 0 Å². The molecule has 0 saturated carbocycles. The molecule has 0 aliphatic carbocycles. The van der Waals surface area contributed by atoms with Crippen molar-refractivity contribution in [2.45, 2.75) is 26.2 Å². The van der Waals surface area contributed by atoms with Gasteiger partial charge in [0.1, 0.15) is 0 Å². The molecule has 6 nitrogen and oxygen atoms in total. The predicted octanol–water partition coefficient (Wildman–Crippen LogP) is -0.454. The summed E-state index contributed by atoms with van der Waals surface area (Å²) in [6.07, 6.45) is 2.81. The SMILES string of the molecule is CCNC(=NCCO)N1CCCC2(CNC(=O)C2)C1. The number of carbonyl (C=O) groups excluding carboxylic acids is 1. The second kappa shape index (κ2) is 6.23. The number of hydrogen-bond acceptors (Lipinski definition) is 3. The molecule has 0 aromatic carbocycles. The first-order valence-corrected chi connectivity index (χ1v) is 7.10. The number of carbonyl (C=O) groups is 1. The van der Waals surface area contributed by atoms with Crippen molar-refractivity contribution in [2.24, 2.45) is 10.4 Å². The van der Waals surface area contributed by atoms with Gasteiger partial charge in [-0.15, -0.1) is 0 Å². The maximum absolute atomic E-state index is 11.5. The van der Waals surface area contributed by atoms with E-state index in [1.165, 1.54) is 0 Å². The van der Waals surface area contributed by atoms with Gasteiger partial charge in [-0.25, -0.2) is 0 Å². The lowest BCUT2D eigenvalue weighted by molar-refractivity contribution is -0.119. The third-order valence-corrected chi connectivity index (χ3v) is 3.85. The molecule has 6 heteroatoms. The second-order valence-electron chi connectivity index (χ2n) is 5.44. The van der Waals surface area contributed by atoms with Crippen molar-refractivity contribution in [3.05, 3.63) is 0 Å². The smallest absolute Gasteiger partial charge is 0.220 e. The van der Waals surface area contributed by atoms with E-state index >= 15 is 0 Å². The van der Waals surface area contributed by atoms with Crippen LogP contribution in [0.4, 0.5) is 0 Å². The monoisotopic (exact) mass is 268 g/mol. The molecule has 2 heterocycles. The summed E-state index contributed by atoms with van der Waals surface area (Å²) in [6, 6.07) is 0. The average molecular weight is 268 g/mol. The van der Waals surface area contributed by atoms with Gasteiger partial charge in [-0.05, 0) is 19.8 Å². The summed E-state index contributed by atoms with van der Waals surface area (Å²) in [5.41, 5.74) is 0.0741. The zero-order chi connectivity index (χ0) is 13.7. The number of amides is 1. The molecule has 1 amide bonds. The molecule has 3 N–H and O–H groups in total. The Labute approximate surface area is 114 Å². The summed E-state index contributed by atoms with van der Waals surface area (Å²) in [4.78, 5) is 18.1. The number of nitrogens with zero attached hydrogens (tertiary/aromatic N) is 2. The molecular weight excluding hydrogens is 244 g/mol. The number of piperidine rings is 1. The van der Waals surface area contributed by atoms with Crippen molar-refractivity contribution in [2.75, 3.05) is 39.3 Å². The van der Waals surface area contributed by atoms with Gasteiger partial charge in [0.2, 0.25) is 5.91 Å². The molecule has 19 heavy (non-hydrogen) atoms. The third kappa shape index (κ3) is 3.37. The van der Waals surface area contributed by atoms with E-state index in [9.17, 15) is 4.79 Å². The largest absolute Gasteiger partial charge is 0.394 e. The van der Waals surface area contributed by atoms with Crippen LogP contribution < -0.4 is 10.6 Å². The molecule has 1 unspecified atom stereocenters. The van der Waals surface area contributed by atoms with Gasteiger partial charge in [0.25, 0.3) is 0 Å². The Morgan fingerprint density at radius 3 is 3.11 bits per heavy atom. The lowest BCUT2D eigenvalue weighted by atomic mass is 9.79. The van der Waals surface area contributed by atoms with Gasteiger partial charge < -0.3 is 20.6 Å². The number of likely N-dealkylation sites (tertiary alicyclic amines) is 1. The first kappa shape index (κ1) is 14.1. The average Bonchev–Trinajstić information content (AvgIpc) is 2.75. The standard InChI is InChI=1S/C13H24N4O2/c1-2-14-12(15-5-7-18)17-6-3-4-13(10-17)8-11(19)16-9-13/h18H,2-10H2,1H3,(H,14,15)(H,16,19). The molecule has 108 valence electrons. The van der Waals surface area contributed by atoms with Gasteiger partial charge in [0.05, 0.1) is 13.2 Å². The lowest BCUT2D eigenvalue weighted by Crippen LogP contribution is -2.51. The number of nitrogens with one attached hydrogen (secondary N) is 2. The van der Waals surface area contributed by atoms with Crippen LogP contribution in [0.1, 0.15) is 26.2 Å². The molecule has 0 aromatic rings. The van der Waals surface area contributed by atoms with Crippen LogP contribution in [0, 0.1) is 5.41 Å². The fourth-order valence-electron chi connectivity index (χ4n) is 3.01. The van der Waals surface area contributed by atoms with Gasteiger partial charge in [0, 0.05) is 38.0 Å².